The van der Waals surface area contributed by atoms with Gasteiger partial charge >= 0.3 is 6.36 Å². The van der Waals surface area contributed by atoms with Crippen LogP contribution in [0.1, 0.15) is 40.8 Å². The van der Waals surface area contributed by atoms with E-state index in [2.05, 4.69) is 20.0 Å². The first-order valence-corrected chi connectivity index (χ1v) is 10.4. The zero-order valence-electron chi connectivity index (χ0n) is 18.6. The van der Waals surface area contributed by atoms with E-state index in [1.165, 1.54) is 12.1 Å². The van der Waals surface area contributed by atoms with Gasteiger partial charge in [-0.25, -0.2) is 9.97 Å². The number of alkyl halides is 3. The molecule has 0 saturated carbocycles. The molecule has 0 fully saturated rings. The molecule has 0 spiro atoms. The van der Waals surface area contributed by atoms with Crippen molar-refractivity contribution in [1.29, 1.82) is 0 Å². The number of fused-ring (bicyclic) bond motifs is 1. The number of nitrogens with zero attached hydrogens (tertiary/aromatic N) is 3. The van der Waals surface area contributed by atoms with Crippen LogP contribution in [-0.2, 0) is 17.9 Å². The molecule has 0 aliphatic carbocycles. The lowest BCUT2D eigenvalue weighted by atomic mass is 10.2. The van der Waals surface area contributed by atoms with Gasteiger partial charge in [0.2, 0.25) is 0 Å². The number of nitrogens with one attached hydrogen (secondary N) is 1. The Morgan fingerprint density at radius 1 is 1.18 bits per heavy atom. The van der Waals surface area contributed by atoms with Crippen molar-refractivity contribution in [3.63, 3.8) is 0 Å². The first-order chi connectivity index (χ1) is 15.6. The molecule has 0 unspecified atom stereocenters. The van der Waals surface area contributed by atoms with Crippen molar-refractivity contribution in [2.24, 2.45) is 0 Å². The molecule has 33 heavy (non-hydrogen) atoms. The normalized spacial score (nSPS) is 11.7. The van der Waals surface area contributed by atoms with Gasteiger partial charge in [0.25, 0.3) is 5.91 Å². The number of rotatable bonds is 9. The Kier molecular flexibility index (Phi) is 7.42. The molecule has 178 valence electrons. The molecule has 0 saturated heterocycles. The third kappa shape index (κ3) is 5.92. The minimum atomic E-state index is -4.78. The SMILES string of the molecule is CCOCc1nc2c(N)nc(C)c(C)c2n1CCCNC(=O)c1ccc(OC(F)(F)F)cc1. The van der Waals surface area contributed by atoms with Crippen molar-refractivity contribution in [3.05, 3.63) is 46.9 Å². The lowest BCUT2D eigenvalue weighted by Crippen LogP contribution is -2.25. The lowest BCUT2D eigenvalue weighted by Gasteiger charge is -2.12. The van der Waals surface area contributed by atoms with Crippen molar-refractivity contribution >= 4 is 22.8 Å². The van der Waals surface area contributed by atoms with Crippen LogP contribution in [0.2, 0.25) is 0 Å². The maximum Gasteiger partial charge on any atom is 0.573 e. The fourth-order valence-electron chi connectivity index (χ4n) is 3.44. The van der Waals surface area contributed by atoms with E-state index < -0.39 is 6.36 Å². The average Bonchev–Trinajstić information content (AvgIpc) is 3.12. The molecule has 3 rings (SSSR count). The number of hydrogen-bond donors (Lipinski definition) is 2. The van der Waals surface area contributed by atoms with Gasteiger partial charge in [-0.15, -0.1) is 13.2 Å². The van der Waals surface area contributed by atoms with Crippen molar-refractivity contribution in [2.75, 3.05) is 18.9 Å². The van der Waals surface area contributed by atoms with Crippen molar-refractivity contribution < 1.29 is 27.4 Å². The van der Waals surface area contributed by atoms with E-state index in [1.807, 2.05) is 25.3 Å². The number of nitrogen functional groups attached to an aromatic ring is 1. The summed E-state index contributed by atoms with van der Waals surface area (Å²) in [4.78, 5) is 21.3. The zero-order chi connectivity index (χ0) is 24.2. The summed E-state index contributed by atoms with van der Waals surface area (Å²) in [5.41, 5.74) is 9.62. The molecule has 1 amide bonds. The van der Waals surface area contributed by atoms with Crippen LogP contribution in [0.5, 0.6) is 5.75 Å². The molecule has 0 aliphatic heterocycles. The Morgan fingerprint density at radius 3 is 2.52 bits per heavy atom. The molecule has 11 heteroatoms. The highest BCUT2D eigenvalue weighted by Gasteiger charge is 2.31. The maximum absolute atomic E-state index is 12.3. The van der Waals surface area contributed by atoms with E-state index in [9.17, 15) is 18.0 Å². The standard InChI is InChI=1S/C22H26F3N5O3/c1-4-32-12-17-29-18-19(13(2)14(3)28-20(18)26)30(17)11-5-10-27-21(31)15-6-8-16(9-7-15)33-22(23,24)25/h6-9H,4-5,10-12H2,1-3H3,(H2,26,28)(H,27,31). The summed E-state index contributed by atoms with van der Waals surface area (Å²) < 4.78 is 48.2. The summed E-state index contributed by atoms with van der Waals surface area (Å²) in [6.07, 6.45) is -4.19. The minimum absolute atomic E-state index is 0.236. The van der Waals surface area contributed by atoms with Gasteiger partial charge in [-0.3, -0.25) is 4.79 Å². The van der Waals surface area contributed by atoms with Gasteiger partial charge in [0, 0.05) is 31.0 Å². The Morgan fingerprint density at radius 2 is 1.88 bits per heavy atom. The van der Waals surface area contributed by atoms with Gasteiger partial charge in [-0.05, 0) is 57.0 Å². The number of pyridine rings is 1. The number of carbonyl (C=O) groups excluding carboxylic acids is 1. The van der Waals surface area contributed by atoms with Crippen molar-refractivity contribution in [3.8, 4) is 5.75 Å². The van der Waals surface area contributed by atoms with E-state index >= 15 is 0 Å². The second-order valence-corrected chi connectivity index (χ2v) is 7.40. The summed E-state index contributed by atoms with van der Waals surface area (Å²) in [6, 6.07) is 4.76. The van der Waals surface area contributed by atoms with Crippen molar-refractivity contribution in [1.82, 2.24) is 19.9 Å². The number of nitrogens with two attached hydrogens (primary N) is 1. The molecule has 8 nitrogen and oxygen atoms in total. The van der Waals surface area contributed by atoms with Crippen LogP contribution in [0.25, 0.3) is 11.0 Å². The molecule has 1 aromatic carbocycles. The number of aromatic nitrogens is 3. The zero-order valence-corrected chi connectivity index (χ0v) is 18.6. The molecule has 0 aliphatic rings. The number of halogens is 3. The summed E-state index contributed by atoms with van der Waals surface area (Å²) in [7, 11) is 0. The van der Waals surface area contributed by atoms with E-state index in [0.717, 1.165) is 34.7 Å². The Bertz CT molecular complexity index is 1130. The molecule has 0 atom stereocenters. The highest BCUT2D eigenvalue weighted by Crippen LogP contribution is 2.27. The van der Waals surface area contributed by atoms with Gasteiger partial charge in [0.1, 0.15) is 23.7 Å². The smallest absolute Gasteiger partial charge is 0.406 e. The molecular weight excluding hydrogens is 439 g/mol. The summed E-state index contributed by atoms with van der Waals surface area (Å²) in [5.74, 6) is 0.308. The second kappa shape index (κ2) is 10.1. The fraction of sp³-hybridized carbons (Fsp3) is 0.409. The number of amides is 1. The van der Waals surface area contributed by atoms with Crippen LogP contribution in [-0.4, -0.2) is 40.0 Å². The summed E-state index contributed by atoms with van der Waals surface area (Å²) in [5, 5.41) is 2.77. The number of imidazole rings is 1. The fourth-order valence-corrected chi connectivity index (χ4v) is 3.44. The van der Waals surface area contributed by atoms with Crippen LogP contribution in [0, 0.1) is 13.8 Å². The van der Waals surface area contributed by atoms with Crippen LogP contribution in [0.15, 0.2) is 24.3 Å². The average molecular weight is 465 g/mol. The monoisotopic (exact) mass is 465 g/mol. The topological polar surface area (TPSA) is 104 Å². The van der Waals surface area contributed by atoms with Crippen molar-refractivity contribution in [2.45, 2.75) is 46.7 Å². The molecule has 0 radical (unpaired) electrons. The highest BCUT2D eigenvalue weighted by molar-refractivity contribution is 5.94. The number of benzene rings is 1. The Balaban J connectivity index is 1.66. The third-order valence-corrected chi connectivity index (χ3v) is 5.10. The Hall–Kier alpha value is -3.34. The third-order valence-electron chi connectivity index (χ3n) is 5.10. The molecule has 2 aromatic heterocycles. The highest BCUT2D eigenvalue weighted by atomic mass is 19.4. The van der Waals surface area contributed by atoms with Gasteiger partial charge < -0.3 is 25.1 Å². The van der Waals surface area contributed by atoms with Gasteiger partial charge in [-0.1, -0.05) is 0 Å². The lowest BCUT2D eigenvalue weighted by molar-refractivity contribution is -0.274. The van der Waals surface area contributed by atoms with Gasteiger partial charge in [0.05, 0.1) is 5.52 Å². The van der Waals surface area contributed by atoms with E-state index in [1.54, 1.807) is 0 Å². The Labute approximate surface area is 188 Å². The van der Waals surface area contributed by atoms with Gasteiger partial charge in [-0.2, -0.15) is 0 Å². The second-order valence-electron chi connectivity index (χ2n) is 7.40. The van der Waals surface area contributed by atoms with E-state index in [-0.39, 0.29) is 17.2 Å². The molecule has 3 aromatic rings. The maximum atomic E-state index is 12.3. The van der Waals surface area contributed by atoms with Crippen LogP contribution < -0.4 is 15.8 Å². The molecular formula is C22H26F3N5O3. The number of carbonyl (C=O) groups is 1. The number of hydrogen-bond acceptors (Lipinski definition) is 6. The summed E-state index contributed by atoms with van der Waals surface area (Å²) in [6.45, 7) is 7.51. The number of ether oxygens (including phenoxy) is 2. The first kappa shape index (κ1) is 24.3. The number of aryl methyl sites for hydroxylation is 3. The summed E-state index contributed by atoms with van der Waals surface area (Å²) >= 11 is 0. The molecule has 2 heterocycles. The predicted octanol–water partition coefficient (Wildman–Crippen LogP) is 3.89. The van der Waals surface area contributed by atoms with Crippen LogP contribution >= 0.6 is 0 Å². The van der Waals surface area contributed by atoms with E-state index in [4.69, 9.17) is 10.5 Å². The number of anilines is 1. The minimum Gasteiger partial charge on any atom is -0.406 e. The molecule has 0 bridgehead atoms. The van der Waals surface area contributed by atoms with Crippen LogP contribution in [0.4, 0.5) is 19.0 Å². The molecule has 3 N–H and O–H groups in total. The first-order valence-electron chi connectivity index (χ1n) is 10.4. The quantitative estimate of drug-likeness (QED) is 0.465. The largest absolute Gasteiger partial charge is 0.573 e. The van der Waals surface area contributed by atoms with Crippen LogP contribution in [0.3, 0.4) is 0 Å². The van der Waals surface area contributed by atoms with E-state index in [0.29, 0.717) is 44.1 Å². The van der Waals surface area contributed by atoms with Gasteiger partial charge in [0.15, 0.2) is 5.82 Å². The predicted molar refractivity (Wildman–Crippen MR) is 117 cm³/mol.